The Bertz CT molecular complexity index is 1120. The topological polar surface area (TPSA) is 123 Å². The van der Waals surface area contributed by atoms with Crippen molar-refractivity contribution in [3.63, 3.8) is 0 Å². The fraction of sp³-hybridized carbons (Fsp3) is 0.368. The molecule has 0 atom stereocenters. The van der Waals surface area contributed by atoms with Gasteiger partial charge in [-0.2, -0.15) is 18.2 Å². The maximum absolute atomic E-state index is 13.1. The van der Waals surface area contributed by atoms with Crippen LogP contribution in [0, 0.1) is 0 Å². The number of hydrogen-bond donors (Lipinski definition) is 2. The van der Waals surface area contributed by atoms with Crippen LogP contribution < -0.4 is 30.3 Å². The highest BCUT2D eigenvalue weighted by molar-refractivity contribution is 5.94. The SMILES string of the molecule is CC1(C)CN(c2ncc(OC(=O)N(CC(F)(F)F)c3cccc(OC(F)(F)F)c3)c(N)n2)C(=O)N1. The van der Waals surface area contributed by atoms with Crippen LogP contribution in [0.15, 0.2) is 30.5 Å². The predicted octanol–water partition coefficient (Wildman–Crippen LogP) is 3.83. The van der Waals surface area contributed by atoms with E-state index in [0.717, 1.165) is 29.3 Å². The summed E-state index contributed by atoms with van der Waals surface area (Å²) >= 11 is 0. The largest absolute Gasteiger partial charge is 0.573 e. The molecule has 0 aliphatic carbocycles. The lowest BCUT2D eigenvalue weighted by Gasteiger charge is -2.24. The molecule has 1 saturated heterocycles. The number of amides is 3. The number of nitrogens with zero attached hydrogens (tertiary/aromatic N) is 4. The number of anilines is 3. The number of hydrogen-bond acceptors (Lipinski definition) is 7. The molecule has 0 saturated carbocycles. The number of nitrogens with two attached hydrogens (primary N) is 1. The fourth-order valence-corrected chi connectivity index (χ4v) is 3.05. The zero-order chi connectivity index (χ0) is 26.2. The quantitative estimate of drug-likeness (QED) is 0.589. The molecule has 3 amide bonds. The van der Waals surface area contributed by atoms with Crippen LogP contribution in [0.4, 0.5) is 53.4 Å². The normalized spacial score (nSPS) is 15.5. The predicted molar refractivity (Wildman–Crippen MR) is 109 cm³/mol. The van der Waals surface area contributed by atoms with E-state index in [2.05, 4.69) is 20.0 Å². The Balaban J connectivity index is 1.84. The lowest BCUT2D eigenvalue weighted by Crippen LogP contribution is -2.41. The van der Waals surface area contributed by atoms with E-state index < -0.39 is 59.8 Å². The van der Waals surface area contributed by atoms with Gasteiger partial charge in [0.2, 0.25) is 5.95 Å². The summed E-state index contributed by atoms with van der Waals surface area (Å²) in [6.45, 7) is 1.77. The summed E-state index contributed by atoms with van der Waals surface area (Å²) in [5.74, 6) is -2.00. The van der Waals surface area contributed by atoms with Gasteiger partial charge >= 0.3 is 24.7 Å². The van der Waals surface area contributed by atoms with Gasteiger partial charge in [0.05, 0.1) is 24.0 Å². The van der Waals surface area contributed by atoms with Crippen molar-refractivity contribution in [3.05, 3.63) is 30.5 Å². The number of halogens is 6. The van der Waals surface area contributed by atoms with Crippen molar-refractivity contribution >= 4 is 29.6 Å². The van der Waals surface area contributed by atoms with E-state index in [1.165, 1.54) is 0 Å². The second-order valence-electron chi connectivity index (χ2n) is 7.93. The summed E-state index contributed by atoms with van der Waals surface area (Å²) in [5, 5.41) is 2.67. The molecule has 35 heavy (non-hydrogen) atoms. The van der Waals surface area contributed by atoms with Gasteiger partial charge in [-0.1, -0.05) is 6.07 Å². The zero-order valence-corrected chi connectivity index (χ0v) is 18.1. The maximum Gasteiger partial charge on any atom is 0.573 e. The van der Waals surface area contributed by atoms with Gasteiger partial charge in [-0.25, -0.2) is 14.6 Å². The summed E-state index contributed by atoms with van der Waals surface area (Å²) in [5.41, 5.74) is 4.55. The van der Waals surface area contributed by atoms with Crippen LogP contribution in [-0.2, 0) is 0 Å². The minimum Gasteiger partial charge on any atom is -0.406 e. The van der Waals surface area contributed by atoms with Crippen LogP contribution in [0.5, 0.6) is 11.5 Å². The van der Waals surface area contributed by atoms with Gasteiger partial charge in [-0.15, -0.1) is 13.2 Å². The van der Waals surface area contributed by atoms with Gasteiger partial charge in [0.25, 0.3) is 0 Å². The molecular formula is C19H18F6N6O4. The number of urea groups is 1. The monoisotopic (exact) mass is 508 g/mol. The van der Waals surface area contributed by atoms with Gasteiger partial charge in [0.1, 0.15) is 12.3 Å². The molecule has 16 heteroatoms. The Hall–Kier alpha value is -3.98. The van der Waals surface area contributed by atoms with Gasteiger partial charge in [-0.3, -0.25) is 9.80 Å². The molecule has 0 unspecified atom stereocenters. The maximum atomic E-state index is 13.1. The number of rotatable bonds is 5. The minimum atomic E-state index is -5.11. The molecule has 1 aliphatic heterocycles. The smallest absolute Gasteiger partial charge is 0.406 e. The Morgan fingerprint density at radius 2 is 1.94 bits per heavy atom. The third kappa shape index (κ3) is 6.77. The Morgan fingerprint density at radius 3 is 2.49 bits per heavy atom. The van der Waals surface area contributed by atoms with Crippen molar-refractivity contribution in [3.8, 4) is 11.5 Å². The lowest BCUT2D eigenvalue weighted by molar-refractivity contribution is -0.274. The number of nitrogen functional groups attached to an aromatic ring is 1. The number of benzene rings is 1. The zero-order valence-electron chi connectivity index (χ0n) is 18.1. The summed E-state index contributed by atoms with van der Waals surface area (Å²) < 4.78 is 85.4. The average molecular weight is 508 g/mol. The van der Waals surface area contributed by atoms with Crippen LogP contribution in [-0.4, -0.2) is 53.3 Å². The van der Waals surface area contributed by atoms with Gasteiger partial charge < -0.3 is 20.5 Å². The van der Waals surface area contributed by atoms with E-state index in [0.29, 0.717) is 6.07 Å². The summed E-state index contributed by atoms with van der Waals surface area (Å²) in [7, 11) is 0. The van der Waals surface area contributed by atoms with Crippen molar-refractivity contribution in [2.75, 3.05) is 28.6 Å². The van der Waals surface area contributed by atoms with Crippen LogP contribution >= 0.6 is 0 Å². The molecule has 10 nitrogen and oxygen atoms in total. The highest BCUT2D eigenvalue weighted by Crippen LogP contribution is 2.30. The lowest BCUT2D eigenvalue weighted by atomic mass is 10.1. The molecular weight excluding hydrogens is 490 g/mol. The van der Waals surface area contributed by atoms with E-state index in [1.807, 2.05) is 0 Å². The number of carbonyl (C=O) groups is 2. The highest BCUT2D eigenvalue weighted by Gasteiger charge is 2.38. The van der Waals surface area contributed by atoms with Crippen LogP contribution in [0.3, 0.4) is 0 Å². The number of aromatic nitrogens is 2. The first-order valence-electron chi connectivity index (χ1n) is 9.67. The molecule has 0 bridgehead atoms. The molecule has 3 N–H and O–H groups in total. The second-order valence-corrected chi connectivity index (χ2v) is 7.93. The average Bonchev–Trinajstić information content (AvgIpc) is 2.98. The van der Waals surface area contributed by atoms with Crippen LogP contribution in [0.2, 0.25) is 0 Å². The van der Waals surface area contributed by atoms with Crippen LogP contribution in [0.1, 0.15) is 13.8 Å². The molecule has 0 radical (unpaired) electrons. The third-order valence-electron chi connectivity index (χ3n) is 4.37. The highest BCUT2D eigenvalue weighted by atomic mass is 19.4. The Kier molecular flexibility index (Phi) is 6.59. The minimum absolute atomic E-state index is 0.0347. The van der Waals surface area contributed by atoms with Crippen molar-refractivity contribution in [1.29, 1.82) is 0 Å². The molecule has 2 aromatic rings. The first kappa shape index (κ1) is 25.6. The molecule has 1 aromatic heterocycles. The van der Waals surface area contributed by atoms with Crippen molar-refractivity contribution in [2.24, 2.45) is 0 Å². The van der Waals surface area contributed by atoms with Gasteiger partial charge in [-0.05, 0) is 26.0 Å². The number of ether oxygens (including phenoxy) is 2. The van der Waals surface area contributed by atoms with Gasteiger partial charge in [0, 0.05) is 6.07 Å². The third-order valence-corrected chi connectivity index (χ3v) is 4.37. The van der Waals surface area contributed by atoms with E-state index in [-0.39, 0.29) is 17.4 Å². The standard InChI is InChI=1S/C19H18F6N6O4/c1-17(2)8-31(15(32)29-17)14-27-7-12(13(26)28-14)34-16(33)30(9-18(20,21)22)10-4-3-5-11(6-10)35-19(23,24)25/h3-7H,8-9H2,1-2H3,(H,29,32)(H2,26,27,28). The van der Waals surface area contributed by atoms with Crippen molar-refractivity contribution in [1.82, 2.24) is 15.3 Å². The summed E-state index contributed by atoms with van der Waals surface area (Å²) in [6, 6.07) is 2.82. The van der Waals surface area contributed by atoms with Gasteiger partial charge in [0.15, 0.2) is 11.6 Å². The van der Waals surface area contributed by atoms with Crippen LogP contribution in [0.25, 0.3) is 0 Å². The number of nitrogens with one attached hydrogen (secondary N) is 1. The Labute approximate surface area is 193 Å². The number of alkyl halides is 6. The number of carbonyl (C=O) groups excluding carboxylic acids is 2. The summed E-state index contributed by atoms with van der Waals surface area (Å²) in [4.78, 5) is 33.6. The second kappa shape index (κ2) is 8.99. The first-order chi connectivity index (χ1) is 16.0. The first-order valence-corrected chi connectivity index (χ1v) is 9.67. The van der Waals surface area contributed by atoms with Crippen molar-refractivity contribution in [2.45, 2.75) is 31.9 Å². The molecule has 2 heterocycles. The molecule has 1 aromatic carbocycles. The fourth-order valence-electron chi connectivity index (χ4n) is 3.05. The molecule has 1 fully saturated rings. The Morgan fingerprint density at radius 1 is 1.26 bits per heavy atom. The molecule has 3 rings (SSSR count). The molecule has 1 aliphatic rings. The molecule has 0 spiro atoms. The van der Waals surface area contributed by atoms with E-state index in [9.17, 15) is 35.9 Å². The van der Waals surface area contributed by atoms with E-state index >= 15 is 0 Å². The summed E-state index contributed by atoms with van der Waals surface area (Å²) in [6.07, 6.45) is -10.8. The molecule has 190 valence electrons. The van der Waals surface area contributed by atoms with E-state index in [1.54, 1.807) is 13.8 Å². The van der Waals surface area contributed by atoms with Crippen molar-refractivity contribution < 1.29 is 45.4 Å². The van der Waals surface area contributed by atoms with E-state index in [4.69, 9.17) is 10.5 Å².